The number of ketones is 1. The van der Waals surface area contributed by atoms with E-state index in [4.69, 9.17) is 11.6 Å². The number of hydrogen-bond acceptors (Lipinski definition) is 4. The molecular weight excluding hydrogens is 250 g/mol. The largest absolute Gasteiger partial charge is 0.286 e. The van der Waals surface area contributed by atoms with Crippen molar-refractivity contribution >= 4 is 38.8 Å². The number of hydrogen-bond donors (Lipinski definition) is 0. The van der Waals surface area contributed by atoms with Crippen LogP contribution in [-0.2, 0) is 0 Å². The van der Waals surface area contributed by atoms with Gasteiger partial charge in [-0.1, -0.05) is 29.8 Å². The molecule has 1 aromatic carbocycles. The number of carbonyl (C=O) groups is 1. The topological polar surface area (TPSA) is 60.2 Å². The number of thiophene rings is 1. The quantitative estimate of drug-likeness (QED) is 0.481. The van der Waals surface area contributed by atoms with Gasteiger partial charge >= 0.3 is 0 Å². The molecule has 2 aromatic rings. The predicted octanol–water partition coefficient (Wildman–Crippen LogP) is 3.01. The van der Waals surface area contributed by atoms with E-state index in [1.807, 2.05) is 18.2 Å². The van der Waals surface area contributed by atoms with Crippen molar-refractivity contribution in [3.05, 3.63) is 44.3 Å². The van der Waals surface area contributed by atoms with Gasteiger partial charge in [0, 0.05) is 15.0 Å². The van der Waals surface area contributed by atoms with Crippen LogP contribution in [0.5, 0.6) is 0 Å². The second kappa shape index (κ2) is 4.19. The molecule has 0 atom stereocenters. The van der Waals surface area contributed by atoms with Gasteiger partial charge in [0.15, 0.2) is 0 Å². The summed E-state index contributed by atoms with van der Waals surface area (Å²) in [5, 5.41) is 11.3. The Hall–Kier alpha value is -1.46. The van der Waals surface area contributed by atoms with Crippen molar-refractivity contribution in [1.82, 2.24) is 0 Å². The smallest absolute Gasteiger partial charge is 0.266 e. The van der Waals surface area contributed by atoms with Crippen molar-refractivity contribution < 1.29 is 9.72 Å². The minimum atomic E-state index is -0.716. The number of halogens is 1. The van der Waals surface area contributed by atoms with Gasteiger partial charge in [-0.15, -0.1) is 11.3 Å². The lowest BCUT2D eigenvalue weighted by Gasteiger charge is -1.92. The molecule has 0 aliphatic rings. The van der Waals surface area contributed by atoms with Crippen molar-refractivity contribution in [2.75, 3.05) is 6.54 Å². The molecule has 1 aromatic heterocycles. The fourth-order valence-corrected chi connectivity index (χ4v) is 2.85. The number of benzene rings is 1. The third-order valence-electron chi connectivity index (χ3n) is 2.06. The Bertz CT molecular complexity index is 578. The maximum Gasteiger partial charge on any atom is 0.266 e. The van der Waals surface area contributed by atoms with Gasteiger partial charge in [0.25, 0.3) is 6.54 Å². The van der Waals surface area contributed by atoms with E-state index in [0.29, 0.717) is 5.02 Å². The maximum atomic E-state index is 11.5. The highest BCUT2D eigenvalue weighted by Crippen LogP contribution is 2.35. The van der Waals surface area contributed by atoms with Crippen molar-refractivity contribution in [3.63, 3.8) is 0 Å². The summed E-state index contributed by atoms with van der Waals surface area (Å²) >= 11 is 7.19. The summed E-state index contributed by atoms with van der Waals surface area (Å²) in [6.45, 7) is -0.716. The minimum Gasteiger partial charge on any atom is -0.286 e. The Balaban J connectivity index is 2.49. The fraction of sp³-hybridized carbons (Fsp3) is 0.100. The lowest BCUT2D eigenvalue weighted by molar-refractivity contribution is -0.465. The van der Waals surface area contributed by atoms with Gasteiger partial charge in [-0.2, -0.15) is 0 Å². The molecule has 0 saturated heterocycles. The van der Waals surface area contributed by atoms with Crippen molar-refractivity contribution in [1.29, 1.82) is 0 Å². The van der Waals surface area contributed by atoms with Crippen LogP contribution in [-0.4, -0.2) is 17.3 Å². The van der Waals surface area contributed by atoms with Crippen LogP contribution in [0, 0.1) is 10.1 Å². The average Bonchev–Trinajstić information content (AvgIpc) is 2.56. The molecule has 4 nitrogen and oxygen atoms in total. The Morgan fingerprint density at radius 1 is 1.44 bits per heavy atom. The van der Waals surface area contributed by atoms with Gasteiger partial charge in [-0.25, -0.2) is 0 Å². The monoisotopic (exact) mass is 255 g/mol. The molecular formula is C10H6ClNO3S. The van der Waals surface area contributed by atoms with E-state index in [1.54, 1.807) is 6.07 Å². The number of rotatable bonds is 3. The third-order valence-corrected chi connectivity index (χ3v) is 3.78. The zero-order chi connectivity index (χ0) is 11.7. The standard InChI is InChI=1S/C10H6ClNO3S/c11-9-6-3-1-2-4-8(6)16-10(9)7(13)5-12(14)15/h1-4H,5H2. The Kier molecular flexibility index (Phi) is 2.89. The summed E-state index contributed by atoms with van der Waals surface area (Å²) in [4.78, 5) is 21.4. The van der Waals surface area contributed by atoms with Gasteiger partial charge in [0.2, 0.25) is 5.78 Å². The molecule has 0 unspecified atom stereocenters. The van der Waals surface area contributed by atoms with Crippen LogP contribution < -0.4 is 0 Å². The first kappa shape index (κ1) is 11.0. The molecule has 6 heteroatoms. The van der Waals surface area contributed by atoms with Crippen LogP contribution in [0.2, 0.25) is 5.02 Å². The molecule has 2 rings (SSSR count). The molecule has 1 heterocycles. The van der Waals surface area contributed by atoms with Crippen LogP contribution in [0.3, 0.4) is 0 Å². The van der Waals surface area contributed by atoms with Gasteiger partial charge in [0.1, 0.15) is 0 Å². The van der Waals surface area contributed by atoms with Gasteiger partial charge < -0.3 is 0 Å². The normalized spacial score (nSPS) is 10.6. The fourth-order valence-electron chi connectivity index (χ4n) is 1.38. The lowest BCUT2D eigenvalue weighted by atomic mass is 10.2. The molecule has 0 amide bonds. The average molecular weight is 256 g/mol. The molecule has 0 bridgehead atoms. The number of nitro groups is 1. The molecule has 82 valence electrons. The summed E-state index contributed by atoms with van der Waals surface area (Å²) in [5.74, 6) is -0.545. The summed E-state index contributed by atoms with van der Waals surface area (Å²) < 4.78 is 0.860. The number of carbonyl (C=O) groups excluding carboxylic acids is 1. The molecule has 0 aliphatic carbocycles. The van der Waals surface area contributed by atoms with Crippen LogP contribution in [0.4, 0.5) is 0 Å². The van der Waals surface area contributed by atoms with Crippen LogP contribution in [0.15, 0.2) is 24.3 Å². The highest BCUT2D eigenvalue weighted by molar-refractivity contribution is 7.21. The van der Waals surface area contributed by atoms with E-state index in [2.05, 4.69) is 0 Å². The Labute approximate surface area is 99.6 Å². The molecule has 0 saturated carbocycles. The lowest BCUT2D eigenvalue weighted by Crippen LogP contribution is -2.12. The van der Waals surface area contributed by atoms with E-state index in [1.165, 1.54) is 11.3 Å². The zero-order valence-corrected chi connectivity index (χ0v) is 9.55. The first-order valence-corrected chi connectivity index (χ1v) is 5.61. The van der Waals surface area contributed by atoms with Gasteiger partial charge in [-0.05, 0) is 6.07 Å². The van der Waals surface area contributed by atoms with E-state index in [-0.39, 0.29) is 4.88 Å². The van der Waals surface area contributed by atoms with E-state index in [0.717, 1.165) is 10.1 Å². The number of fused-ring (bicyclic) bond motifs is 1. The molecule has 0 spiro atoms. The van der Waals surface area contributed by atoms with Crippen molar-refractivity contribution in [2.24, 2.45) is 0 Å². The summed E-state index contributed by atoms with van der Waals surface area (Å²) in [6.07, 6.45) is 0. The first-order chi connectivity index (χ1) is 7.59. The first-order valence-electron chi connectivity index (χ1n) is 4.41. The molecule has 0 radical (unpaired) electrons. The van der Waals surface area contributed by atoms with Crippen LogP contribution in [0.1, 0.15) is 9.67 Å². The zero-order valence-electron chi connectivity index (χ0n) is 7.97. The number of Topliss-reactive ketones (excluding diaryl/α,β-unsaturated/α-hetero) is 1. The van der Waals surface area contributed by atoms with Crippen molar-refractivity contribution in [3.8, 4) is 0 Å². The minimum absolute atomic E-state index is 0.263. The maximum absolute atomic E-state index is 11.5. The second-order valence-corrected chi connectivity index (χ2v) is 4.59. The molecule has 0 N–H and O–H groups in total. The molecule has 0 fully saturated rings. The third kappa shape index (κ3) is 1.91. The van der Waals surface area contributed by atoms with Crippen LogP contribution in [0.25, 0.3) is 10.1 Å². The summed E-state index contributed by atoms with van der Waals surface area (Å²) in [6, 6.07) is 7.26. The van der Waals surface area contributed by atoms with E-state index in [9.17, 15) is 14.9 Å². The second-order valence-electron chi connectivity index (χ2n) is 3.16. The summed E-state index contributed by atoms with van der Waals surface area (Å²) in [5.41, 5.74) is 0. The number of nitrogens with zero attached hydrogens (tertiary/aromatic N) is 1. The highest BCUT2D eigenvalue weighted by atomic mass is 35.5. The predicted molar refractivity (Wildman–Crippen MR) is 63.0 cm³/mol. The van der Waals surface area contributed by atoms with E-state index >= 15 is 0 Å². The SMILES string of the molecule is O=C(C[N+](=O)[O-])c1sc2ccccc2c1Cl. The highest BCUT2D eigenvalue weighted by Gasteiger charge is 2.20. The summed E-state index contributed by atoms with van der Waals surface area (Å²) in [7, 11) is 0. The van der Waals surface area contributed by atoms with Gasteiger partial charge in [-0.3, -0.25) is 14.9 Å². The Morgan fingerprint density at radius 3 is 2.75 bits per heavy atom. The Morgan fingerprint density at radius 2 is 2.12 bits per heavy atom. The van der Waals surface area contributed by atoms with Gasteiger partial charge in [0.05, 0.1) is 9.90 Å². The van der Waals surface area contributed by atoms with Crippen molar-refractivity contribution in [2.45, 2.75) is 0 Å². The molecule has 16 heavy (non-hydrogen) atoms. The molecule has 0 aliphatic heterocycles. The van der Waals surface area contributed by atoms with E-state index < -0.39 is 17.3 Å². The van der Waals surface area contributed by atoms with Crippen LogP contribution >= 0.6 is 22.9 Å².